The molecule has 3 rings (SSSR count). The van der Waals surface area contributed by atoms with Gasteiger partial charge in [0.05, 0.1) is 34.0 Å². The Morgan fingerprint density at radius 3 is 2.21 bits per heavy atom. The number of aliphatic hydroxyl groups is 6. The summed E-state index contributed by atoms with van der Waals surface area (Å²) < 4.78 is 28.0. The van der Waals surface area contributed by atoms with E-state index in [9.17, 15) is 30.6 Å². The lowest BCUT2D eigenvalue weighted by Gasteiger charge is -2.41. The topological polar surface area (TPSA) is 188 Å². The molecule has 38 heavy (non-hydrogen) atoms. The second-order valence-electron chi connectivity index (χ2n) is 8.52. The number of aromatic hydroxyl groups is 1. The molecule has 0 aromatic heterocycles. The predicted octanol–water partition coefficient (Wildman–Crippen LogP) is -0.288. The van der Waals surface area contributed by atoms with Gasteiger partial charge in [-0.2, -0.15) is 0 Å². The Balaban J connectivity index is 1.97. The summed E-state index contributed by atoms with van der Waals surface area (Å²) in [6, 6.07) is 9.27. The van der Waals surface area contributed by atoms with Crippen LogP contribution in [0.5, 0.6) is 23.0 Å². The molecular weight excluding hydrogens is 504 g/mol. The van der Waals surface area contributed by atoms with Crippen molar-refractivity contribution in [3.63, 3.8) is 0 Å². The largest absolute Gasteiger partial charge is 0.504 e. The summed E-state index contributed by atoms with van der Waals surface area (Å²) in [5, 5.41) is 70.1. The van der Waals surface area contributed by atoms with Gasteiger partial charge in [0, 0.05) is 0 Å². The van der Waals surface area contributed by atoms with Crippen LogP contribution < -0.4 is 14.2 Å². The lowest BCUT2D eigenvalue weighted by Crippen LogP contribution is -2.59. The van der Waals surface area contributed by atoms with Crippen LogP contribution in [0.1, 0.15) is 17.2 Å². The highest BCUT2D eigenvalue weighted by Crippen LogP contribution is 2.37. The Hall–Kier alpha value is -2.94. The molecule has 12 heteroatoms. The van der Waals surface area contributed by atoms with Gasteiger partial charge in [-0.05, 0) is 35.4 Å². The van der Waals surface area contributed by atoms with Gasteiger partial charge in [0.1, 0.15) is 30.5 Å². The lowest BCUT2D eigenvalue weighted by atomic mass is 9.98. The maximum Gasteiger partial charge on any atom is 0.187 e. The van der Waals surface area contributed by atoms with Gasteiger partial charge in [-0.3, -0.25) is 0 Å². The molecular formula is C26H34O12. The molecule has 2 aromatic carbocycles. The van der Waals surface area contributed by atoms with Crippen molar-refractivity contribution in [1.29, 1.82) is 0 Å². The van der Waals surface area contributed by atoms with Crippen molar-refractivity contribution in [1.82, 2.24) is 0 Å². The van der Waals surface area contributed by atoms with Gasteiger partial charge in [-0.1, -0.05) is 24.3 Å². The molecule has 0 saturated carbocycles. The third kappa shape index (κ3) is 6.73. The van der Waals surface area contributed by atoms with Crippen molar-refractivity contribution in [2.75, 3.05) is 34.0 Å². The fourth-order valence-electron chi connectivity index (χ4n) is 4.02. The van der Waals surface area contributed by atoms with E-state index in [0.717, 1.165) is 5.56 Å². The standard InChI is InChI=1S/C26H34O12/c1-34-17-8-6-15(11-16(17)30)25(38-26-24(33)23(32)22(31)20(12-28)37-26)21(13-29)36-18-7-5-14(4-3-9-27)10-19(18)35-2/h3-8,10-11,20-33H,9,12-13H2,1-2H3/t20-,21-,22-,23+,24-,25+,26-/m1/s1. The molecule has 0 spiro atoms. The van der Waals surface area contributed by atoms with E-state index in [4.69, 9.17) is 28.8 Å². The van der Waals surface area contributed by atoms with Crippen molar-refractivity contribution >= 4 is 6.08 Å². The summed E-state index contributed by atoms with van der Waals surface area (Å²) >= 11 is 0. The smallest absolute Gasteiger partial charge is 0.187 e. The van der Waals surface area contributed by atoms with Crippen LogP contribution in [0.25, 0.3) is 6.08 Å². The summed E-state index contributed by atoms with van der Waals surface area (Å²) in [7, 11) is 2.81. The molecule has 0 radical (unpaired) electrons. The molecule has 1 aliphatic heterocycles. The number of phenolic OH excluding ortho intramolecular Hbond substituents is 1. The van der Waals surface area contributed by atoms with Crippen molar-refractivity contribution in [2.24, 2.45) is 0 Å². The van der Waals surface area contributed by atoms with Crippen LogP contribution in [-0.4, -0.2) is 107 Å². The first-order valence-electron chi connectivity index (χ1n) is 11.8. The quantitative estimate of drug-likeness (QED) is 0.187. The first kappa shape index (κ1) is 29.6. The molecule has 0 aliphatic carbocycles. The molecule has 1 heterocycles. The van der Waals surface area contributed by atoms with Gasteiger partial charge >= 0.3 is 0 Å². The zero-order valence-corrected chi connectivity index (χ0v) is 21.0. The minimum absolute atomic E-state index is 0.140. The molecule has 0 bridgehead atoms. The van der Waals surface area contributed by atoms with Crippen LogP contribution in [0.3, 0.4) is 0 Å². The number of rotatable bonds is 12. The summed E-state index contributed by atoms with van der Waals surface area (Å²) in [6.07, 6.45) is -6.92. The first-order chi connectivity index (χ1) is 18.3. The number of aliphatic hydroxyl groups excluding tert-OH is 6. The SMILES string of the molecule is COc1ccc([C@H](O[C@H]2O[C@H](CO)[C@@H](O)[C@H](O)[C@H]2O)[C@@H](CO)Oc2ccc(C=CCO)cc2OC)cc1O. The number of methoxy groups -OCH3 is 2. The first-order valence-corrected chi connectivity index (χ1v) is 11.8. The van der Waals surface area contributed by atoms with E-state index in [1.165, 1.54) is 26.4 Å². The molecule has 1 fully saturated rings. The normalized spacial score (nSPS) is 25.2. The maximum absolute atomic E-state index is 10.5. The average Bonchev–Trinajstić information content (AvgIpc) is 2.93. The summed E-state index contributed by atoms with van der Waals surface area (Å²) in [6.45, 7) is -1.41. The Labute approximate surface area is 219 Å². The molecule has 2 aromatic rings. The van der Waals surface area contributed by atoms with Crippen molar-refractivity contribution in [2.45, 2.75) is 42.9 Å². The van der Waals surface area contributed by atoms with Gasteiger partial charge < -0.3 is 59.4 Å². The molecule has 1 saturated heterocycles. The number of phenols is 1. The molecule has 0 unspecified atom stereocenters. The highest BCUT2D eigenvalue weighted by molar-refractivity contribution is 5.56. The Morgan fingerprint density at radius 2 is 1.61 bits per heavy atom. The van der Waals surface area contributed by atoms with Gasteiger partial charge in [0.25, 0.3) is 0 Å². The van der Waals surface area contributed by atoms with Crippen LogP contribution in [0.15, 0.2) is 42.5 Å². The molecule has 0 amide bonds. The third-order valence-corrected chi connectivity index (χ3v) is 6.06. The van der Waals surface area contributed by atoms with Crippen LogP contribution in [-0.2, 0) is 9.47 Å². The maximum atomic E-state index is 10.5. The summed E-state index contributed by atoms with van der Waals surface area (Å²) in [5.41, 5.74) is 1.01. The van der Waals surface area contributed by atoms with E-state index < -0.39 is 56.1 Å². The zero-order valence-electron chi connectivity index (χ0n) is 21.0. The van der Waals surface area contributed by atoms with Gasteiger partial charge in [0.2, 0.25) is 0 Å². The number of benzene rings is 2. The van der Waals surface area contributed by atoms with E-state index in [-0.39, 0.29) is 23.9 Å². The number of ether oxygens (including phenoxy) is 5. The number of hydrogen-bond acceptors (Lipinski definition) is 12. The highest BCUT2D eigenvalue weighted by atomic mass is 16.7. The average molecular weight is 539 g/mol. The van der Waals surface area contributed by atoms with Crippen LogP contribution in [0.2, 0.25) is 0 Å². The van der Waals surface area contributed by atoms with Gasteiger partial charge in [-0.15, -0.1) is 0 Å². The van der Waals surface area contributed by atoms with E-state index in [2.05, 4.69) is 0 Å². The molecule has 7 N–H and O–H groups in total. The predicted molar refractivity (Wildman–Crippen MR) is 133 cm³/mol. The molecule has 12 nitrogen and oxygen atoms in total. The van der Waals surface area contributed by atoms with Crippen molar-refractivity contribution in [3.8, 4) is 23.0 Å². The van der Waals surface area contributed by atoms with E-state index in [1.807, 2.05) is 0 Å². The lowest BCUT2D eigenvalue weighted by molar-refractivity contribution is -0.318. The highest BCUT2D eigenvalue weighted by Gasteiger charge is 2.46. The Bertz CT molecular complexity index is 1060. The fourth-order valence-corrected chi connectivity index (χ4v) is 4.02. The second-order valence-corrected chi connectivity index (χ2v) is 8.52. The monoisotopic (exact) mass is 538 g/mol. The fraction of sp³-hybridized carbons (Fsp3) is 0.462. The summed E-state index contributed by atoms with van der Waals surface area (Å²) in [4.78, 5) is 0. The number of hydrogen-bond donors (Lipinski definition) is 7. The Kier molecular flexibility index (Phi) is 10.7. The van der Waals surface area contributed by atoms with Crippen molar-refractivity contribution < 1.29 is 59.4 Å². The van der Waals surface area contributed by atoms with E-state index in [0.29, 0.717) is 11.3 Å². The van der Waals surface area contributed by atoms with Crippen LogP contribution in [0.4, 0.5) is 0 Å². The molecule has 1 aliphatic rings. The third-order valence-electron chi connectivity index (χ3n) is 6.06. The van der Waals surface area contributed by atoms with Gasteiger partial charge in [-0.25, -0.2) is 0 Å². The Morgan fingerprint density at radius 1 is 0.895 bits per heavy atom. The molecule has 7 atom stereocenters. The van der Waals surface area contributed by atoms with Crippen LogP contribution >= 0.6 is 0 Å². The van der Waals surface area contributed by atoms with E-state index >= 15 is 0 Å². The zero-order chi connectivity index (χ0) is 27.8. The van der Waals surface area contributed by atoms with Crippen LogP contribution in [0, 0.1) is 0 Å². The minimum Gasteiger partial charge on any atom is -0.504 e. The minimum atomic E-state index is -1.71. The second kappa shape index (κ2) is 13.7. The van der Waals surface area contributed by atoms with E-state index in [1.54, 1.807) is 36.4 Å². The van der Waals surface area contributed by atoms with Gasteiger partial charge in [0.15, 0.2) is 35.4 Å². The molecule has 210 valence electrons. The summed E-state index contributed by atoms with van der Waals surface area (Å²) in [5.74, 6) is 0.484. The van der Waals surface area contributed by atoms with Crippen molar-refractivity contribution in [3.05, 3.63) is 53.6 Å².